The molecule has 0 aromatic heterocycles. The topological polar surface area (TPSA) is 78.5 Å². The van der Waals surface area contributed by atoms with Gasteiger partial charge in [-0.25, -0.2) is 0 Å². The number of hydrogen-bond acceptors (Lipinski definition) is 4. The smallest absolute Gasteiger partial charge is 0.258 e. The van der Waals surface area contributed by atoms with Gasteiger partial charge >= 0.3 is 0 Å². The maximum Gasteiger partial charge on any atom is 0.258 e. The number of carbonyl (C=O) groups excluding carboxylic acids is 2. The van der Waals surface area contributed by atoms with E-state index in [-0.39, 0.29) is 18.9 Å². The van der Waals surface area contributed by atoms with Crippen molar-refractivity contribution in [1.29, 1.82) is 0 Å². The van der Waals surface area contributed by atoms with Crippen LogP contribution >= 0.6 is 0 Å². The summed E-state index contributed by atoms with van der Waals surface area (Å²) in [6.07, 6.45) is -0.292. The summed E-state index contributed by atoms with van der Waals surface area (Å²) in [5.41, 5.74) is 1.77. The summed E-state index contributed by atoms with van der Waals surface area (Å²) in [4.78, 5) is 22.9. The van der Waals surface area contributed by atoms with Gasteiger partial charge in [0, 0.05) is 12.4 Å². The highest BCUT2D eigenvalue weighted by Gasteiger charge is 2.15. The molecule has 0 spiro atoms. The molecule has 120 valence electrons. The van der Waals surface area contributed by atoms with E-state index >= 15 is 0 Å². The third kappa shape index (κ3) is 5.47. The molecule has 5 nitrogen and oxygen atoms in total. The van der Waals surface area contributed by atoms with Crippen molar-refractivity contribution in [2.45, 2.75) is 19.4 Å². The van der Waals surface area contributed by atoms with Gasteiger partial charge in [-0.3, -0.25) is 4.79 Å². The van der Waals surface area contributed by atoms with E-state index in [1.807, 2.05) is 25.1 Å². The SMILES string of the molecule is Cc1ccc([C@@H](CC(=O)[O-])NC(=O)COc2ccccc2)cc1. The lowest BCUT2D eigenvalue weighted by Crippen LogP contribution is -2.36. The Morgan fingerprint density at radius 1 is 1.09 bits per heavy atom. The molecule has 5 heteroatoms. The molecule has 0 saturated heterocycles. The van der Waals surface area contributed by atoms with E-state index in [4.69, 9.17) is 4.74 Å². The zero-order valence-corrected chi connectivity index (χ0v) is 12.8. The summed E-state index contributed by atoms with van der Waals surface area (Å²) >= 11 is 0. The third-order valence-electron chi connectivity index (χ3n) is 3.30. The predicted octanol–water partition coefficient (Wildman–Crippen LogP) is 1.37. The third-order valence-corrected chi connectivity index (χ3v) is 3.30. The number of para-hydroxylation sites is 1. The number of aliphatic carboxylic acids is 1. The molecule has 0 fully saturated rings. The number of carboxylic acid groups (broad SMARTS) is 1. The first-order chi connectivity index (χ1) is 11.0. The van der Waals surface area contributed by atoms with Crippen LogP contribution < -0.4 is 15.2 Å². The normalized spacial score (nSPS) is 11.5. The predicted molar refractivity (Wildman–Crippen MR) is 83.6 cm³/mol. The van der Waals surface area contributed by atoms with Crippen LogP contribution in [0.4, 0.5) is 0 Å². The van der Waals surface area contributed by atoms with Crippen LogP contribution in [0, 0.1) is 6.92 Å². The Hall–Kier alpha value is -2.82. The van der Waals surface area contributed by atoms with E-state index in [0.29, 0.717) is 11.3 Å². The second-order valence-electron chi connectivity index (χ2n) is 5.21. The maximum absolute atomic E-state index is 12.0. The molecule has 0 unspecified atom stereocenters. The molecule has 0 aliphatic rings. The van der Waals surface area contributed by atoms with Gasteiger partial charge < -0.3 is 20.0 Å². The van der Waals surface area contributed by atoms with Crippen LogP contribution in [-0.4, -0.2) is 18.5 Å². The molecule has 2 rings (SSSR count). The second kappa shape index (κ2) is 7.98. The fourth-order valence-corrected chi connectivity index (χ4v) is 2.12. The van der Waals surface area contributed by atoms with Crippen molar-refractivity contribution in [3.63, 3.8) is 0 Å². The van der Waals surface area contributed by atoms with Crippen LogP contribution in [0.5, 0.6) is 5.75 Å². The van der Waals surface area contributed by atoms with Crippen LogP contribution in [-0.2, 0) is 9.59 Å². The Morgan fingerprint density at radius 2 is 1.74 bits per heavy atom. The standard InChI is InChI=1S/C18H19NO4/c1-13-7-9-14(10-8-13)16(11-18(21)22)19-17(20)12-23-15-5-3-2-4-6-15/h2-10,16H,11-12H2,1H3,(H,19,20)(H,21,22)/p-1/t16-/m1/s1. The van der Waals surface area contributed by atoms with Crippen LogP contribution in [0.1, 0.15) is 23.6 Å². The average molecular weight is 312 g/mol. The van der Waals surface area contributed by atoms with Crippen molar-refractivity contribution in [1.82, 2.24) is 5.32 Å². The molecule has 0 saturated carbocycles. The minimum absolute atomic E-state index is 0.181. The first kappa shape index (κ1) is 16.5. The Labute approximate surface area is 134 Å². The summed E-state index contributed by atoms with van der Waals surface area (Å²) in [5, 5.41) is 13.6. The van der Waals surface area contributed by atoms with E-state index in [1.165, 1.54) is 0 Å². The highest BCUT2D eigenvalue weighted by Crippen LogP contribution is 2.17. The fraction of sp³-hybridized carbons (Fsp3) is 0.222. The highest BCUT2D eigenvalue weighted by molar-refractivity contribution is 5.79. The number of aryl methyl sites for hydroxylation is 1. The summed E-state index contributed by atoms with van der Waals surface area (Å²) in [6, 6.07) is 15.6. The number of ether oxygens (including phenoxy) is 1. The lowest BCUT2D eigenvalue weighted by Gasteiger charge is -2.20. The minimum Gasteiger partial charge on any atom is -0.550 e. The summed E-state index contributed by atoms with van der Waals surface area (Å²) < 4.78 is 5.35. The number of nitrogens with one attached hydrogen (secondary N) is 1. The lowest BCUT2D eigenvalue weighted by atomic mass is 10.0. The molecule has 0 radical (unpaired) electrons. The molecule has 1 atom stereocenters. The van der Waals surface area contributed by atoms with Crippen LogP contribution in [0.2, 0.25) is 0 Å². The van der Waals surface area contributed by atoms with Crippen molar-refractivity contribution in [3.8, 4) is 5.75 Å². The van der Waals surface area contributed by atoms with Gasteiger partial charge in [0.25, 0.3) is 5.91 Å². The van der Waals surface area contributed by atoms with Crippen molar-refractivity contribution < 1.29 is 19.4 Å². The second-order valence-corrected chi connectivity index (χ2v) is 5.21. The Kier molecular flexibility index (Phi) is 5.74. The van der Waals surface area contributed by atoms with Gasteiger partial charge in [0.15, 0.2) is 6.61 Å². The molecule has 2 aromatic rings. The Bertz CT molecular complexity index is 652. The molecule has 0 heterocycles. The van der Waals surface area contributed by atoms with E-state index in [0.717, 1.165) is 5.56 Å². The number of amides is 1. The molecule has 1 N–H and O–H groups in total. The van der Waals surface area contributed by atoms with Gasteiger partial charge in [0.05, 0.1) is 6.04 Å². The van der Waals surface area contributed by atoms with Gasteiger partial charge in [0.1, 0.15) is 5.75 Å². The zero-order chi connectivity index (χ0) is 16.7. The van der Waals surface area contributed by atoms with Crippen LogP contribution in [0.3, 0.4) is 0 Å². The van der Waals surface area contributed by atoms with E-state index < -0.39 is 12.0 Å². The molecule has 23 heavy (non-hydrogen) atoms. The van der Waals surface area contributed by atoms with Gasteiger partial charge in [-0.1, -0.05) is 48.0 Å². The molecule has 0 bridgehead atoms. The van der Waals surface area contributed by atoms with Crippen LogP contribution in [0.25, 0.3) is 0 Å². The van der Waals surface area contributed by atoms with Gasteiger partial charge in [-0.15, -0.1) is 0 Å². The number of carboxylic acids is 1. The zero-order valence-electron chi connectivity index (χ0n) is 12.8. The number of benzene rings is 2. The first-order valence-electron chi connectivity index (χ1n) is 7.28. The summed E-state index contributed by atoms with van der Waals surface area (Å²) in [7, 11) is 0. The molecular weight excluding hydrogens is 294 g/mol. The fourth-order valence-electron chi connectivity index (χ4n) is 2.12. The largest absolute Gasteiger partial charge is 0.550 e. The minimum atomic E-state index is -1.22. The highest BCUT2D eigenvalue weighted by atomic mass is 16.5. The Balaban J connectivity index is 1.98. The van der Waals surface area contributed by atoms with E-state index in [9.17, 15) is 14.7 Å². The summed E-state index contributed by atoms with van der Waals surface area (Å²) in [6.45, 7) is 1.75. The van der Waals surface area contributed by atoms with Gasteiger partial charge in [-0.05, 0) is 24.6 Å². The van der Waals surface area contributed by atoms with E-state index in [2.05, 4.69) is 5.32 Å². The van der Waals surface area contributed by atoms with Gasteiger partial charge in [0.2, 0.25) is 0 Å². The van der Waals surface area contributed by atoms with Crippen LogP contribution in [0.15, 0.2) is 54.6 Å². The number of hydrogen-bond donors (Lipinski definition) is 1. The molecule has 0 aliphatic carbocycles. The quantitative estimate of drug-likeness (QED) is 0.837. The molecule has 0 aliphatic heterocycles. The number of carbonyl (C=O) groups is 2. The van der Waals surface area contributed by atoms with Crippen molar-refractivity contribution >= 4 is 11.9 Å². The summed E-state index contributed by atoms with van der Waals surface area (Å²) in [5.74, 6) is -1.03. The van der Waals surface area contributed by atoms with Gasteiger partial charge in [-0.2, -0.15) is 0 Å². The first-order valence-corrected chi connectivity index (χ1v) is 7.28. The number of rotatable bonds is 7. The monoisotopic (exact) mass is 312 g/mol. The molecule has 2 aromatic carbocycles. The maximum atomic E-state index is 12.0. The lowest BCUT2D eigenvalue weighted by molar-refractivity contribution is -0.306. The van der Waals surface area contributed by atoms with Crippen molar-refractivity contribution in [2.75, 3.05) is 6.61 Å². The molecule has 1 amide bonds. The average Bonchev–Trinajstić information content (AvgIpc) is 2.53. The Morgan fingerprint density at radius 3 is 2.35 bits per heavy atom. The van der Waals surface area contributed by atoms with Crippen molar-refractivity contribution in [2.24, 2.45) is 0 Å². The molecular formula is C18H18NO4-. The van der Waals surface area contributed by atoms with E-state index in [1.54, 1.807) is 36.4 Å². The van der Waals surface area contributed by atoms with Crippen molar-refractivity contribution in [3.05, 3.63) is 65.7 Å².